The lowest BCUT2D eigenvalue weighted by molar-refractivity contribution is -0.129. The zero-order valence-corrected chi connectivity index (χ0v) is 11.8. The predicted molar refractivity (Wildman–Crippen MR) is 76.7 cm³/mol. The van der Waals surface area contributed by atoms with Gasteiger partial charge in [-0.15, -0.1) is 0 Å². The fourth-order valence-electron chi connectivity index (χ4n) is 2.31. The number of nitrogens with zero attached hydrogens (tertiary/aromatic N) is 2. The normalized spacial score (nSPS) is 15.1. The molecule has 108 valence electrons. The first-order valence-electron chi connectivity index (χ1n) is 6.51. The zero-order valence-electron chi connectivity index (χ0n) is 11.8. The molecule has 1 heterocycles. The number of methoxy groups -OCH3 is 1. The minimum atomic E-state index is -0.438. The number of benzene rings is 1. The lowest BCUT2D eigenvalue weighted by Crippen LogP contribution is -2.48. The van der Waals surface area contributed by atoms with Crippen LogP contribution in [0.2, 0.25) is 0 Å². The smallest absolute Gasteiger partial charge is 0.340 e. The molecule has 0 spiro atoms. The first-order chi connectivity index (χ1) is 9.52. The number of amides is 1. The summed E-state index contributed by atoms with van der Waals surface area (Å²) in [5.74, 6) is -0.344. The van der Waals surface area contributed by atoms with Crippen LogP contribution in [-0.4, -0.2) is 50.1 Å². The van der Waals surface area contributed by atoms with Gasteiger partial charge in [0.1, 0.15) is 0 Å². The highest BCUT2D eigenvalue weighted by molar-refractivity contribution is 5.96. The van der Waals surface area contributed by atoms with E-state index in [2.05, 4.69) is 4.90 Å². The molecule has 1 saturated heterocycles. The van der Waals surface area contributed by atoms with Gasteiger partial charge in [0, 0.05) is 44.5 Å². The molecule has 0 bridgehead atoms. The second-order valence-corrected chi connectivity index (χ2v) is 4.76. The molecule has 6 nitrogen and oxygen atoms in total. The standard InChI is InChI=1S/C14H19N3O3/c1-10(18)16-5-7-17(8-6-16)11-3-4-13(15)12(9-11)14(19)20-2/h3-4,9H,5-8,15H2,1-2H3. The van der Waals surface area contributed by atoms with Gasteiger partial charge in [-0.2, -0.15) is 0 Å². The van der Waals surface area contributed by atoms with Crippen molar-refractivity contribution in [1.82, 2.24) is 4.90 Å². The van der Waals surface area contributed by atoms with Crippen molar-refractivity contribution < 1.29 is 14.3 Å². The van der Waals surface area contributed by atoms with E-state index in [1.165, 1.54) is 7.11 Å². The monoisotopic (exact) mass is 277 g/mol. The number of rotatable bonds is 2. The summed E-state index contributed by atoms with van der Waals surface area (Å²) in [6.07, 6.45) is 0. The van der Waals surface area contributed by atoms with Crippen LogP contribution >= 0.6 is 0 Å². The van der Waals surface area contributed by atoms with E-state index < -0.39 is 5.97 Å². The molecule has 6 heteroatoms. The van der Waals surface area contributed by atoms with E-state index in [0.717, 1.165) is 18.8 Å². The summed E-state index contributed by atoms with van der Waals surface area (Å²) in [6, 6.07) is 5.33. The number of carbonyl (C=O) groups is 2. The third kappa shape index (κ3) is 2.84. The van der Waals surface area contributed by atoms with Gasteiger partial charge in [-0.1, -0.05) is 0 Å². The number of hydrogen-bond donors (Lipinski definition) is 1. The first kappa shape index (κ1) is 14.2. The van der Waals surface area contributed by atoms with E-state index in [4.69, 9.17) is 10.5 Å². The van der Waals surface area contributed by atoms with Gasteiger partial charge in [-0.3, -0.25) is 4.79 Å². The second-order valence-electron chi connectivity index (χ2n) is 4.76. The van der Waals surface area contributed by atoms with Crippen molar-refractivity contribution in [1.29, 1.82) is 0 Å². The van der Waals surface area contributed by atoms with E-state index in [1.54, 1.807) is 19.1 Å². The lowest BCUT2D eigenvalue weighted by Gasteiger charge is -2.35. The Kier molecular flexibility index (Phi) is 4.12. The Balaban J connectivity index is 2.14. The molecule has 0 atom stereocenters. The quantitative estimate of drug-likeness (QED) is 0.637. The van der Waals surface area contributed by atoms with Crippen molar-refractivity contribution in [2.75, 3.05) is 43.9 Å². The van der Waals surface area contributed by atoms with Gasteiger partial charge < -0.3 is 20.3 Å². The number of nitrogens with two attached hydrogens (primary N) is 1. The Hall–Kier alpha value is -2.24. The van der Waals surface area contributed by atoms with Crippen LogP contribution in [0.15, 0.2) is 18.2 Å². The number of carbonyl (C=O) groups excluding carboxylic acids is 2. The zero-order chi connectivity index (χ0) is 14.7. The molecule has 1 aliphatic heterocycles. The number of nitrogen functional groups attached to an aromatic ring is 1. The van der Waals surface area contributed by atoms with Crippen LogP contribution in [0, 0.1) is 0 Å². The highest BCUT2D eigenvalue weighted by atomic mass is 16.5. The summed E-state index contributed by atoms with van der Waals surface area (Å²) in [4.78, 5) is 26.9. The van der Waals surface area contributed by atoms with Crippen molar-refractivity contribution in [3.05, 3.63) is 23.8 Å². The van der Waals surface area contributed by atoms with Crippen LogP contribution in [0.4, 0.5) is 11.4 Å². The van der Waals surface area contributed by atoms with Crippen LogP contribution in [0.5, 0.6) is 0 Å². The molecule has 1 aliphatic rings. The Bertz CT molecular complexity index is 522. The maximum Gasteiger partial charge on any atom is 0.340 e. The summed E-state index contributed by atoms with van der Waals surface area (Å²) in [5, 5.41) is 0. The van der Waals surface area contributed by atoms with Gasteiger partial charge >= 0.3 is 5.97 Å². The van der Waals surface area contributed by atoms with Gasteiger partial charge in [0.25, 0.3) is 0 Å². The molecule has 2 N–H and O–H groups in total. The third-order valence-electron chi connectivity index (χ3n) is 3.53. The molecular formula is C14H19N3O3. The topological polar surface area (TPSA) is 75.9 Å². The van der Waals surface area contributed by atoms with Crippen molar-refractivity contribution in [2.45, 2.75) is 6.92 Å². The van der Waals surface area contributed by atoms with E-state index in [9.17, 15) is 9.59 Å². The molecule has 0 radical (unpaired) electrons. The summed E-state index contributed by atoms with van der Waals surface area (Å²) in [6.45, 7) is 4.43. The van der Waals surface area contributed by atoms with Gasteiger partial charge in [0.2, 0.25) is 5.91 Å². The maximum absolute atomic E-state index is 11.6. The molecule has 0 unspecified atom stereocenters. The van der Waals surface area contributed by atoms with Crippen molar-refractivity contribution in [3.63, 3.8) is 0 Å². The van der Waals surface area contributed by atoms with E-state index in [0.29, 0.717) is 24.3 Å². The second kappa shape index (κ2) is 5.81. The van der Waals surface area contributed by atoms with Crippen LogP contribution < -0.4 is 10.6 Å². The molecule has 1 fully saturated rings. The summed E-state index contributed by atoms with van der Waals surface area (Å²) in [7, 11) is 1.33. The summed E-state index contributed by atoms with van der Waals surface area (Å²) in [5.41, 5.74) is 7.48. The van der Waals surface area contributed by atoms with Gasteiger partial charge in [-0.05, 0) is 18.2 Å². The Morgan fingerprint density at radius 2 is 1.85 bits per heavy atom. The third-order valence-corrected chi connectivity index (χ3v) is 3.53. The van der Waals surface area contributed by atoms with E-state index >= 15 is 0 Å². The fourth-order valence-corrected chi connectivity index (χ4v) is 2.31. The predicted octanol–water partition coefficient (Wildman–Crippen LogP) is 0.724. The molecule has 1 amide bonds. The molecule has 0 aromatic heterocycles. The minimum absolute atomic E-state index is 0.0946. The molecule has 1 aromatic rings. The molecular weight excluding hydrogens is 258 g/mol. The van der Waals surface area contributed by atoms with Gasteiger partial charge in [0.05, 0.1) is 12.7 Å². The van der Waals surface area contributed by atoms with Crippen molar-refractivity contribution in [2.24, 2.45) is 0 Å². The lowest BCUT2D eigenvalue weighted by atomic mass is 10.1. The highest BCUT2D eigenvalue weighted by Gasteiger charge is 2.20. The Morgan fingerprint density at radius 1 is 1.20 bits per heavy atom. The molecule has 0 saturated carbocycles. The van der Waals surface area contributed by atoms with Crippen LogP contribution in [-0.2, 0) is 9.53 Å². The first-order valence-corrected chi connectivity index (χ1v) is 6.51. The largest absolute Gasteiger partial charge is 0.465 e. The Morgan fingerprint density at radius 3 is 2.40 bits per heavy atom. The number of hydrogen-bond acceptors (Lipinski definition) is 5. The van der Waals surface area contributed by atoms with Crippen LogP contribution in [0.3, 0.4) is 0 Å². The molecule has 1 aromatic carbocycles. The Labute approximate surface area is 118 Å². The average Bonchev–Trinajstić information content (AvgIpc) is 2.47. The number of ether oxygens (including phenoxy) is 1. The van der Waals surface area contributed by atoms with Crippen LogP contribution in [0.1, 0.15) is 17.3 Å². The average molecular weight is 277 g/mol. The van der Waals surface area contributed by atoms with Gasteiger partial charge in [-0.25, -0.2) is 4.79 Å². The summed E-state index contributed by atoms with van der Waals surface area (Å²) < 4.78 is 4.72. The maximum atomic E-state index is 11.6. The van der Waals surface area contributed by atoms with Gasteiger partial charge in [0.15, 0.2) is 0 Å². The minimum Gasteiger partial charge on any atom is -0.465 e. The SMILES string of the molecule is COC(=O)c1cc(N2CCN(C(C)=O)CC2)ccc1N. The number of piperazine rings is 1. The fraction of sp³-hybridized carbons (Fsp3) is 0.429. The summed E-state index contributed by atoms with van der Waals surface area (Å²) >= 11 is 0. The van der Waals surface area contributed by atoms with Crippen LogP contribution in [0.25, 0.3) is 0 Å². The van der Waals surface area contributed by atoms with E-state index in [1.807, 2.05) is 11.0 Å². The number of anilines is 2. The van der Waals surface area contributed by atoms with Crippen molar-refractivity contribution in [3.8, 4) is 0 Å². The van der Waals surface area contributed by atoms with Crippen molar-refractivity contribution >= 4 is 23.3 Å². The molecule has 20 heavy (non-hydrogen) atoms. The number of esters is 1. The highest BCUT2D eigenvalue weighted by Crippen LogP contribution is 2.23. The molecule has 0 aliphatic carbocycles. The molecule has 2 rings (SSSR count). The van der Waals surface area contributed by atoms with E-state index in [-0.39, 0.29) is 5.91 Å².